The van der Waals surface area contributed by atoms with E-state index in [9.17, 15) is 4.79 Å². The fourth-order valence-electron chi connectivity index (χ4n) is 1.85. The van der Waals surface area contributed by atoms with Crippen LogP contribution in [0.1, 0.15) is 17.5 Å². The molecule has 0 atom stereocenters. The van der Waals surface area contributed by atoms with Gasteiger partial charge in [0.05, 0.1) is 5.02 Å². The number of nitrogens with zero attached hydrogens (tertiary/aromatic N) is 2. The van der Waals surface area contributed by atoms with Crippen molar-refractivity contribution in [1.29, 1.82) is 0 Å². The number of benzene rings is 1. The van der Waals surface area contributed by atoms with Gasteiger partial charge in [-0.2, -0.15) is 0 Å². The molecule has 22 heavy (non-hydrogen) atoms. The fourth-order valence-corrected chi connectivity index (χ4v) is 2.81. The van der Waals surface area contributed by atoms with Crippen molar-refractivity contribution in [1.82, 2.24) is 10.2 Å². The number of halogens is 1. The van der Waals surface area contributed by atoms with Gasteiger partial charge in [0.1, 0.15) is 5.01 Å². The van der Waals surface area contributed by atoms with Gasteiger partial charge in [-0.05, 0) is 30.2 Å². The van der Waals surface area contributed by atoms with E-state index in [-0.39, 0.29) is 12.7 Å². The first-order valence-electron chi connectivity index (χ1n) is 6.56. The molecule has 1 aromatic carbocycles. The molecule has 0 radical (unpaired) electrons. The third-order valence-corrected chi connectivity index (χ3v) is 4.14. The number of nitrogens with one attached hydrogen (secondary N) is 1. The number of anilines is 1. The van der Waals surface area contributed by atoms with Crippen LogP contribution in [0.4, 0.5) is 5.13 Å². The Kier molecular flexibility index (Phi) is 4.26. The third kappa shape index (κ3) is 3.20. The van der Waals surface area contributed by atoms with Gasteiger partial charge in [0.25, 0.3) is 0 Å². The fraction of sp³-hybridized carbons (Fsp3) is 0.214. The number of rotatable bonds is 4. The standard InChI is InChI=1S/C14H12ClN3O3S/c1-2-12-17-18-14(22-12)16-11(19)4-3-8-5-9(15)13-10(6-8)20-7-21-13/h3-6H,2,7H2,1H3,(H,16,18,19)/b4-3+. The summed E-state index contributed by atoms with van der Waals surface area (Å²) in [5.74, 6) is 0.820. The van der Waals surface area contributed by atoms with E-state index < -0.39 is 0 Å². The summed E-state index contributed by atoms with van der Waals surface area (Å²) in [5, 5.41) is 12.3. The Bertz CT molecular complexity index is 745. The second-order valence-electron chi connectivity index (χ2n) is 4.41. The average molecular weight is 338 g/mol. The summed E-state index contributed by atoms with van der Waals surface area (Å²) in [6, 6.07) is 3.47. The van der Waals surface area contributed by atoms with Gasteiger partial charge in [0, 0.05) is 6.08 Å². The molecule has 0 fully saturated rings. The number of ether oxygens (including phenoxy) is 2. The Morgan fingerprint density at radius 2 is 2.32 bits per heavy atom. The minimum Gasteiger partial charge on any atom is -0.454 e. The zero-order chi connectivity index (χ0) is 15.5. The topological polar surface area (TPSA) is 73.3 Å². The summed E-state index contributed by atoms with van der Waals surface area (Å²) >= 11 is 7.44. The summed E-state index contributed by atoms with van der Waals surface area (Å²) in [5.41, 5.74) is 0.746. The number of fused-ring (bicyclic) bond motifs is 1. The molecule has 0 saturated carbocycles. The van der Waals surface area contributed by atoms with Gasteiger partial charge >= 0.3 is 0 Å². The van der Waals surface area contributed by atoms with E-state index in [1.54, 1.807) is 18.2 Å². The normalized spacial score (nSPS) is 12.8. The molecule has 0 aliphatic carbocycles. The highest BCUT2D eigenvalue weighted by molar-refractivity contribution is 7.15. The molecule has 3 rings (SSSR count). The third-order valence-electron chi connectivity index (χ3n) is 2.88. The summed E-state index contributed by atoms with van der Waals surface area (Å²) in [6.07, 6.45) is 3.84. The lowest BCUT2D eigenvalue weighted by Gasteiger charge is -2.01. The highest BCUT2D eigenvalue weighted by Crippen LogP contribution is 2.40. The second kappa shape index (κ2) is 6.33. The van der Waals surface area contributed by atoms with Crippen LogP contribution in [0, 0.1) is 0 Å². The smallest absolute Gasteiger partial charge is 0.250 e. The van der Waals surface area contributed by atoms with Gasteiger partial charge in [-0.3, -0.25) is 10.1 Å². The molecular formula is C14H12ClN3O3S. The van der Waals surface area contributed by atoms with Crippen molar-refractivity contribution in [2.45, 2.75) is 13.3 Å². The molecule has 1 amide bonds. The molecule has 6 nitrogen and oxygen atoms in total. The molecule has 0 saturated heterocycles. The molecule has 114 valence electrons. The van der Waals surface area contributed by atoms with Gasteiger partial charge in [-0.15, -0.1) is 10.2 Å². The van der Waals surface area contributed by atoms with E-state index >= 15 is 0 Å². The van der Waals surface area contributed by atoms with Crippen LogP contribution in [0.3, 0.4) is 0 Å². The maximum absolute atomic E-state index is 11.9. The first-order valence-corrected chi connectivity index (χ1v) is 7.75. The van der Waals surface area contributed by atoms with Crippen molar-refractivity contribution in [3.05, 3.63) is 33.8 Å². The molecule has 1 aliphatic heterocycles. The number of carbonyl (C=O) groups excluding carboxylic acids is 1. The van der Waals surface area contributed by atoms with E-state index in [0.717, 1.165) is 17.0 Å². The summed E-state index contributed by atoms with van der Waals surface area (Å²) in [7, 11) is 0. The van der Waals surface area contributed by atoms with Gasteiger partial charge in [-0.25, -0.2) is 0 Å². The molecule has 1 N–H and O–H groups in total. The minimum atomic E-state index is -0.285. The van der Waals surface area contributed by atoms with E-state index in [1.165, 1.54) is 17.4 Å². The first-order chi connectivity index (χ1) is 10.7. The van der Waals surface area contributed by atoms with Gasteiger partial charge in [-0.1, -0.05) is 29.9 Å². The molecule has 1 aliphatic rings. The van der Waals surface area contributed by atoms with Crippen LogP contribution in [0.25, 0.3) is 6.08 Å². The lowest BCUT2D eigenvalue weighted by molar-refractivity contribution is -0.111. The molecule has 2 aromatic rings. The van der Waals surface area contributed by atoms with Crippen LogP contribution < -0.4 is 14.8 Å². The largest absolute Gasteiger partial charge is 0.454 e. The Labute approximate surface area is 135 Å². The van der Waals surface area contributed by atoms with Crippen molar-refractivity contribution in [3.8, 4) is 11.5 Å². The zero-order valence-corrected chi connectivity index (χ0v) is 13.2. The number of amides is 1. The average Bonchev–Trinajstić information content (AvgIpc) is 3.14. The van der Waals surface area contributed by atoms with Crippen LogP contribution in [0.5, 0.6) is 11.5 Å². The Hall–Kier alpha value is -2.12. The van der Waals surface area contributed by atoms with Crippen LogP contribution in [0.15, 0.2) is 18.2 Å². The number of aryl methyl sites for hydroxylation is 1. The molecule has 0 spiro atoms. The summed E-state index contributed by atoms with van der Waals surface area (Å²) in [6.45, 7) is 2.13. The molecule has 0 unspecified atom stereocenters. The van der Waals surface area contributed by atoms with Crippen molar-refractivity contribution in [2.75, 3.05) is 12.1 Å². The van der Waals surface area contributed by atoms with Crippen LogP contribution in [-0.4, -0.2) is 22.9 Å². The molecule has 8 heteroatoms. The molecule has 2 heterocycles. The monoisotopic (exact) mass is 337 g/mol. The van der Waals surface area contributed by atoms with Crippen LogP contribution in [0.2, 0.25) is 5.02 Å². The highest BCUT2D eigenvalue weighted by Gasteiger charge is 2.17. The maximum atomic E-state index is 11.9. The Morgan fingerprint density at radius 1 is 1.45 bits per heavy atom. The number of carbonyl (C=O) groups is 1. The first kappa shape index (κ1) is 14.8. The Balaban J connectivity index is 1.68. The second-order valence-corrected chi connectivity index (χ2v) is 5.88. The van der Waals surface area contributed by atoms with Crippen molar-refractivity contribution in [3.63, 3.8) is 0 Å². The lowest BCUT2D eigenvalue weighted by Crippen LogP contribution is -2.07. The van der Waals surface area contributed by atoms with Crippen molar-refractivity contribution in [2.24, 2.45) is 0 Å². The van der Waals surface area contributed by atoms with Crippen molar-refractivity contribution < 1.29 is 14.3 Å². The molecule has 0 bridgehead atoms. The lowest BCUT2D eigenvalue weighted by atomic mass is 10.2. The summed E-state index contributed by atoms with van der Waals surface area (Å²) in [4.78, 5) is 11.9. The quantitative estimate of drug-likeness (QED) is 0.868. The van der Waals surface area contributed by atoms with E-state index in [1.807, 2.05) is 6.92 Å². The predicted molar refractivity (Wildman–Crippen MR) is 84.5 cm³/mol. The van der Waals surface area contributed by atoms with Crippen molar-refractivity contribution >= 4 is 40.1 Å². The number of hydrogen-bond acceptors (Lipinski definition) is 6. The van der Waals surface area contributed by atoms with E-state index in [4.69, 9.17) is 21.1 Å². The van der Waals surface area contributed by atoms with Gasteiger partial charge < -0.3 is 9.47 Å². The minimum absolute atomic E-state index is 0.152. The molecular weight excluding hydrogens is 326 g/mol. The number of hydrogen-bond donors (Lipinski definition) is 1. The maximum Gasteiger partial charge on any atom is 0.250 e. The van der Waals surface area contributed by atoms with Crippen LogP contribution >= 0.6 is 22.9 Å². The van der Waals surface area contributed by atoms with Crippen LogP contribution in [-0.2, 0) is 11.2 Å². The molecule has 1 aromatic heterocycles. The summed E-state index contributed by atoms with van der Waals surface area (Å²) < 4.78 is 10.5. The highest BCUT2D eigenvalue weighted by atomic mass is 35.5. The predicted octanol–water partition coefficient (Wildman–Crippen LogP) is 3.13. The van der Waals surface area contributed by atoms with E-state index in [2.05, 4.69) is 15.5 Å². The Morgan fingerprint density at radius 3 is 3.09 bits per heavy atom. The number of aromatic nitrogens is 2. The van der Waals surface area contributed by atoms with E-state index in [0.29, 0.717) is 21.7 Å². The van der Waals surface area contributed by atoms with Gasteiger partial charge in [0.2, 0.25) is 17.8 Å². The SMILES string of the molecule is CCc1nnc(NC(=O)/C=C/c2cc(Cl)c3c(c2)OCO3)s1. The zero-order valence-electron chi connectivity index (χ0n) is 11.6. The van der Waals surface area contributed by atoms with Gasteiger partial charge in [0.15, 0.2) is 11.5 Å².